The summed E-state index contributed by atoms with van der Waals surface area (Å²) in [7, 11) is 0. The van der Waals surface area contributed by atoms with Crippen molar-refractivity contribution in [3.63, 3.8) is 0 Å². The van der Waals surface area contributed by atoms with E-state index in [0.717, 1.165) is 13.0 Å². The molecule has 2 nitrogen and oxygen atoms in total. The number of aliphatic hydroxyl groups is 1. The highest BCUT2D eigenvalue weighted by atomic mass is 19.1. The van der Waals surface area contributed by atoms with Gasteiger partial charge in [0.05, 0.1) is 6.10 Å². The number of rotatable bonds is 0. The molecule has 1 saturated heterocycles. The van der Waals surface area contributed by atoms with Crippen LogP contribution in [-0.4, -0.2) is 30.5 Å². The third kappa shape index (κ3) is 1.91. The predicted molar refractivity (Wildman–Crippen MR) is 33.0 cm³/mol. The van der Waals surface area contributed by atoms with Crippen molar-refractivity contribution in [2.45, 2.75) is 25.1 Å². The molecule has 0 saturated carbocycles. The lowest BCUT2D eigenvalue weighted by Gasteiger charge is -2.09. The summed E-state index contributed by atoms with van der Waals surface area (Å²) in [6.07, 6.45) is -0.473. The van der Waals surface area contributed by atoms with Gasteiger partial charge in [-0.2, -0.15) is 0 Å². The van der Waals surface area contributed by atoms with Crippen LogP contribution in [0.3, 0.4) is 0 Å². The summed E-state index contributed by atoms with van der Waals surface area (Å²) in [5.41, 5.74) is 0. The molecular formula is C6H12FNO. The summed E-state index contributed by atoms with van der Waals surface area (Å²) in [5, 5.41) is 11.9. The lowest BCUT2D eigenvalue weighted by atomic mass is 10.1. The van der Waals surface area contributed by atoms with E-state index in [1.165, 1.54) is 0 Å². The molecule has 2 N–H and O–H groups in total. The molecule has 9 heavy (non-hydrogen) atoms. The van der Waals surface area contributed by atoms with Crippen molar-refractivity contribution >= 4 is 0 Å². The van der Waals surface area contributed by atoms with Crippen molar-refractivity contribution in [1.82, 2.24) is 5.32 Å². The lowest BCUT2D eigenvalue weighted by Crippen LogP contribution is -2.30. The molecule has 1 unspecified atom stereocenters. The van der Waals surface area contributed by atoms with E-state index in [2.05, 4.69) is 5.32 Å². The van der Waals surface area contributed by atoms with Crippen molar-refractivity contribution in [3.8, 4) is 0 Å². The zero-order valence-corrected chi connectivity index (χ0v) is 5.31. The van der Waals surface area contributed by atoms with Gasteiger partial charge in [-0.3, -0.25) is 0 Å². The third-order valence-corrected chi connectivity index (χ3v) is 1.60. The fourth-order valence-electron chi connectivity index (χ4n) is 0.992. The quantitative estimate of drug-likeness (QED) is 0.490. The second-order valence-corrected chi connectivity index (χ2v) is 2.43. The Balaban J connectivity index is 2.32. The summed E-state index contributed by atoms with van der Waals surface area (Å²) < 4.78 is 12.5. The fraction of sp³-hybridized carbons (Fsp3) is 1.00. The van der Waals surface area contributed by atoms with E-state index < -0.39 is 12.3 Å². The van der Waals surface area contributed by atoms with Gasteiger partial charge in [-0.15, -0.1) is 0 Å². The number of hydrogen-bond donors (Lipinski definition) is 2. The van der Waals surface area contributed by atoms with Crippen LogP contribution >= 0.6 is 0 Å². The molecule has 0 bridgehead atoms. The van der Waals surface area contributed by atoms with Gasteiger partial charge in [0.25, 0.3) is 0 Å². The van der Waals surface area contributed by atoms with E-state index in [-0.39, 0.29) is 0 Å². The minimum atomic E-state index is -1.01. The van der Waals surface area contributed by atoms with E-state index in [1.54, 1.807) is 0 Å². The number of hydrogen-bond acceptors (Lipinski definition) is 2. The van der Waals surface area contributed by atoms with Gasteiger partial charge in [0, 0.05) is 6.54 Å². The van der Waals surface area contributed by atoms with Gasteiger partial charge in [0.1, 0.15) is 6.17 Å². The molecule has 0 aromatic heterocycles. The summed E-state index contributed by atoms with van der Waals surface area (Å²) in [5.74, 6) is 0. The molecule has 0 radical (unpaired) electrons. The van der Waals surface area contributed by atoms with Gasteiger partial charge in [0.2, 0.25) is 0 Å². The second kappa shape index (κ2) is 3.13. The van der Waals surface area contributed by atoms with Crippen LogP contribution in [0, 0.1) is 0 Å². The first-order chi connectivity index (χ1) is 4.30. The highest BCUT2D eigenvalue weighted by molar-refractivity contribution is 4.73. The summed E-state index contributed by atoms with van der Waals surface area (Å²) in [6, 6.07) is 0. The molecule has 1 fully saturated rings. The van der Waals surface area contributed by atoms with Crippen LogP contribution in [0.15, 0.2) is 0 Å². The predicted octanol–water partition coefficient (Wildman–Crippen LogP) is 0.0688. The lowest BCUT2D eigenvalue weighted by molar-refractivity contribution is 0.0813. The van der Waals surface area contributed by atoms with Crippen LogP contribution in [0.1, 0.15) is 12.8 Å². The van der Waals surface area contributed by atoms with Gasteiger partial charge in [-0.25, -0.2) is 4.39 Å². The summed E-state index contributed by atoms with van der Waals surface area (Å²) >= 11 is 0. The molecule has 0 amide bonds. The molecule has 0 aromatic rings. The monoisotopic (exact) mass is 133 g/mol. The van der Waals surface area contributed by atoms with Crippen molar-refractivity contribution < 1.29 is 9.50 Å². The van der Waals surface area contributed by atoms with Crippen molar-refractivity contribution in [1.29, 1.82) is 0 Å². The highest BCUT2D eigenvalue weighted by Gasteiger charge is 2.19. The standard InChI is InChI=1S/C6H12FNO/c7-5-2-1-3-8-4-6(5)9/h5-6,8-9H,1-4H2/t5?,6-/m1/s1. The van der Waals surface area contributed by atoms with Gasteiger partial charge >= 0.3 is 0 Å². The normalized spacial score (nSPS) is 38.0. The SMILES string of the molecule is O[C@@H]1CNCCCC1F. The number of nitrogens with one attached hydrogen (secondary N) is 1. The Hall–Kier alpha value is -0.150. The second-order valence-electron chi connectivity index (χ2n) is 2.43. The van der Waals surface area contributed by atoms with Crippen LogP contribution in [0.2, 0.25) is 0 Å². The third-order valence-electron chi connectivity index (χ3n) is 1.60. The maximum absolute atomic E-state index is 12.5. The van der Waals surface area contributed by atoms with E-state index in [4.69, 9.17) is 5.11 Å². The molecule has 54 valence electrons. The maximum Gasteiger partial charge on any atom is 0.127 e. The van der Waals surface area contributed by atoms with E-state index in [0.29, 0.717) is 13.0 Å². The minimum Gasteiger partial charge on any atom is -0.389 e. The van der Waals surface area contributed by atoms with Gasteiger partial charge in [0.15, 0.2) is 0 Å². The maximum atomic E-state index is 12.5. The Morgan fingerprint density at radius 3 is 3.11 bits per heavy atom. The zero-order valence-electron chi connectivity index (χ0n) is 5.31. The van der Waals surface area contributed by atoms with Crippen LogP contribution in [0.4, 0.5) is 4.39 Å². The number of alkyl halides is 1. The molecule has 1 aliphatic heterocycles. The Bertz CT molecular complexity index is 79.1. The molecule has 0 spiro atoms. The van der Waals surface area contributed by atoms with E-state index in [1.807, 2.05) is 0 Å². The fourth-order valence-corrected chi connectivity index (χ4v) is 0.992. The molecule has 0 aliphatic carbocycles. The van der Waals surface area contributed by atoms with Crippen molar-refractivity contribution in [3.05, 3.63) is 0 Å². The van der Waals surface area contributed by atoms with Crippen molar-refractivity contribution in [2.24, 2.45) is 0 Å². The van der Waals surface area contributed by atoms with E-state index in [9.17, 15) is 4.39 Å². The molecule has 2 atom stereocenters. The van der Waals surface area contributed by atoms with Crippen LogP contribution in [-0.2, 0) is 0 Å². The zero-order chi connectivity index (χ0) is 6.69. The van der Waals surface area contributed by atoms with Crippen LogP contribution in [0.25, 0.3) is 0 Å². The average molecular weight is 133 g/mol. The molecule has 1 aliphatic rings. The summed E-state index contributed by atoms with van der Waals surface area (Å²) in [4.78, 5) is 0. The minimum absolute atomic E-state index is 0.404. The van der Waals surface area contributed by atoms with Gasteiger partial charge < -0.3 is 10.4 Å². The summed E-state index contributed by atoms with van der Waals surface area (Å²) in [6.45, 7) is 1.23. The largest absolute Gasteiger partial charge is 0.389 e. The Labute approximate surface area is 54.1 Å². The first kappa shape index (κ1) is 6.96. The first-order valence-electron chi connectivity index (χ1n) is 3.33. The Morgan fingerprint density at radius 2 is 2.33 bits per heavy atom. The smallest absolute Gasteiger partial charge is 0.127 e. The first-order valence-corrected chi connectivity index (χ1v) is 3.33. The molecule has 3 heteroatoms. The molecule has 1 rings (SSSR count). The van der Waals surface area contributed by atoms with Crippen LogP contribution in [0.5, 0.6) is 0 Å². The van der Waals surface area contributed by atoms with Gasteiger partial charge in [-0.1, -0.05) is 0 Å². The Morgan fingerprint density at radius 1 is 1.56 bits per heavy atom. The number of halogens is 1. The van der Waals surface area contributed by atoms with E-state index >= 15 is 0 Å². The highest BCUT2D eigenvalue weighted by Crippen LogP contribution is 2.08. The average Bonchev–Trinajstić information content (AvgIpc) is 1.99. The molecule has 0 aromatic carbocycles. The van der Waals surface area contributed by atoms with Gasteiger partial charge in [-0.05, 0) is 19.4 Å². The molecule has 1 heterocycles. The number of aliphatic hydroxyl groups excluding tert-OH is 1. The van der Waals surface area contributed by atoms with Crippen molar-refractivity contribution in [2.75, 3.05) is 13.1 Å². The Kier molecular flexibility index (Phi) is 2.42. The molecular weight excluding hydrogens is 121 g/mol. The van der Waals surface area contributed by atoms with Crippen LogP contribution < -0.4 is 5.32 Å². The number of β-amino-alcohol motifs (C(OH)–C–C–N with tert-alkyl or cyclic N) is 1. The topological polar surface area (TPSA) is 32.3 Å².